The Morgan fingerprint density at radius 2 is 1.76 bits per heavy atom. The smallest absolute Gasteiger partial charge is 0.139 e. The average molecular weight is 324 g/mol. The van der Waals surface area contributed by atoms with E-state index < -0.39 is 0 Å². The van der Waals surface area contributed by atoms with Gasteiger partial charge in [0.15, 0.2) is 0 Å². The van der Waals surface area contributed by atoms with Gasteiger partial charge in [-0.25, -0.2) is 0 Å². The predicted molar refractivity (Wildman–Crippen MR) is 89.4 cm³/mol. The third-order valence-corrected chi connectivity index (χ3v) is 3.95. The first kappa shape index (κ1) is 16.2. The zero-order chi connectivity index (χ0) is 15.4. The molecule has 21 heavy (non-hydrogen) atoms. The normalized spacial score (nSPS) is 12.2. The van der Waals surface area contributed by atoms with Crippen LogP contribution in [0.15, 0.2) is 36.4 Å². The van der Waals surface area contributed by atoms with Crippen LogP contribution in [-0.2, 0) is 6.42 Å². The predicted octanol–water partition coefficient (Wildman–Crippen LogP) is 4.94. The lowest BCUT2D eigenvalue weighted by atomic mass is 9.99. The Hall–Kier alpha value is -1.22. The molecule has 0 aromatic heterocycles. The Morgan fingerprint density at radius 1 is 1.10 bits per heavy atom. The zero-order valence-electron chi connectivity index (χ0n) is 12.2. The molecule has 0 heterocycles. The van der Waals surface area contributed by atoms with Crippen molar-refractivity contribution in [2.45, 2.75) is 26.3 Å². The van der Waals surface area contributed by atoms with Crippen LogP contribution < -0.4 is 10.5 Å². The van der Waals surface area contributed by atoms with Gasteiger partial charge < -0.3 is 10.5 Å². The fourth-order valence-corrected chi connectivity index (χ4v) is 2.70. The third-order valence-electron chi connectivity index (χ3n) is 3.33. The van der Waals surface area contributed by atoms with Gasteiger partial charge in [-0.15, -0.1) is 0 Å². The molecular weight excluding hydrogens is 305 g/mol. The Labute approximate surface area is 135 Å². The van der Waals surface area contributed by atoms with E-state index in [1.54, 1.807) is 12.1 Å². The van der Waals surface area contributed by atoms with E-state index in [9.17, 15) is 0 Å². The van der Waals surface area contributed by atoms with E-state index in [4.69, 9.17) is 33.7 Å². The summed E-state index contributed by atoms with van der Waals surface area (Å²) in [4.78, 5) is 0. The molecule has 0 saturated carbocycles. The highest BCUT2D eigenvalue weighted by atomic mass is 35.5. The number of rotatable bonds is 5. The maximum absolute atomic E-state index is 6.30. The quantitative estimate of drug-likeness (QED) is 0.845. The summed E-state index contributed by atoms with van der Waals surface area (Å²) < 4.78 is 5.43. The van der Waals surface area contributed by atoms with Gasteiger partial charge >= 0.3 is 0 Å². The largest absolute Gasteiger partial charge is 0.492 e. The number of benzene rings is 2. The van der Waals surface area contributed by atoms with Crippen LogP contribution in [0.2, 0.25) is 10.0 Å². The van der Waals surface area contributed by atoms with Crippen LogP contribution in [0, 0.1) is 6.92 Å². The number of hydrogen-bond acceptors (Lipinski definition) is 2. The molecule has 0 spiro atoms. The minimum atomic E-state index is -0.201. The lowest BCUT2D eigenvalue weighted by Crippen LogP contribution is -2.14. The Bertz CT molecular complexity index is 611. The van der Waals surface area contributed by atoms with E-state index >= 15 is 0 Å². The second-order valence-corrected chi connectivity index (χ2v) is 5.85. The van der Waals surface area contributed by atoms with Crippen molar-refractivity contribution in [2.24, 2.45) is 5.73 Å². The second-order valence-electron chi connectivity index (χ2n) is 5.03. The highest BCUT2D eigenvalue weighted by Gasteiger charge is 2.15. The van der Waals surface area contributed by atoms with Crippen molar-refractivity contribution in [1.82, 2.24) is 0 Å². The highest BCUT2D eigenvalue weighted by Crippen LogP contribution is 2.34. The summed E-state index contributed by atoms with van der Waals surface area (Å²) in [6, 6.07) is 11.7. The van der Waals surface area contributed by atoms with E-state index in [-0.39, 0.29) is 6.04 Å². The molecule has 0 amide bonds. The molecule has 2 nitrogen and oxygen atoms in total. The Morgan fingerprint density at radius 3 is 2.38 bits per heavy atom. The molecule has 1 atom stereocenters. The molecule has 112 valence electrons. The van der Waals surface area contributed by atoms with Crippen LogP contribution in [0.1, 0.15) is 29.7 Å². The first-order chi connectivity index (χ1) is 10.0. The van der Waals surface area contributed by atoms with Crippen LogP contribution in [0.5, 0.6) is 5.75 Å². The first-order valence-corrected chi connectivity index (χ1v) is 7.69. The van der Waals surface area contributed by atoms with E-state index in [1.807, 2.05) is 6.92 Å². The van der Waals surface area contributed by atoms with Crippen LogP contribution in [-0.4, -0.2) is 6.61 Å². The van der Waals surface area contributed by atoms with Gasteiger partial charge in [-0.1, -0.05) is 53.0 Å². The molecule has 0 aliphatic carbocycles. The molecule has 0 bridgehead atoms. The van der Waals surface area contributed by atoms with Crippen molar-refractivity contribution in [1.29, 1.82) is 0 Å². The zero-order valence-corrected chi connectivity index (χ0v) is 13.7. The lowest BCUT2D eigenvalue weighted by molar-refractivity contribution is 0.340. The summed E-state index contributed by atoms with van der Waals surface area (Å²) in [7, 11) is 0. The Balaban J connectivity index is 2.20. The van der Waals surface area contributed by atoms with Gasteiger partial charge in [-0.05, 0) is 37.5 Å². The standard InChI is InChI=1S/C17H19Cl2NO/c1-3-21-17-10-14(18)13(9-15(17)19)16(20)8-12-6-4-11(2)5-7-12/h4-7,9-10,16H,3,8,20H2,1-2H3. The molecule has 1 unspecified atom stereocenters. The molecule has 0 fully saturated rings. The number of aryl methyl sites for hydroxylation is 1. The van der Waals surface area contributed by atoms with Crippen molar-refractivity contribution < 1.29 is 4.74 Å². The van der Waals surface area contributed by atoms with Gasteiger partial charge in [0.2, 0.25) is 0 Å². The van der Waals surface area contributed by atoms with Crippen LogP contribution in [0.25, 0.3) is 0 Å². The summed E-state index contributed by atoms with van der Waals surface area (Å²) in [6.45, 7) is 4.51. The topological polar surface area (TPSA) is 35.2 Å². The van der Waals surface area contributed by atoms with E-state index in [1.165, 1.54) is 11.1 Å². The summed E-state index contributed by atoms with van der Waals surface area (Å²) in [5.74, 6) is 0.593. The molecule has 0 radical (unpaired) electrons. The molecule has 0 aliphatic heterocycles. The summed E-state index contributed by atoms with van der Waals surface area (Å²) in [5.41, 5.74) is 9.52. The van der Waals surface area contributed by atoms with Gasteiger partial charge in [0, 0.05) is 17.1 Å². The number of ether oxygens (including phenoxy) is 1. The number of hydrogen-bond donors (Lipinski definition) is 1. The molecule has 0 saturated heterocycles. The van der Waals surface area contributed by atoms with Crippen LogP contribution >= 0.6 is 23.2 Å². The van der Waals surface area contributed by atoms with Crippen molar-refractivity contribution >= 4 is 23.2 Å². The lowest BCUT2D eigenvalue weighted by Gasteiger charge is -2.16. The monoisotopic (exact) mass is 323 g/mol. The third kappa shape index (κ3) is 4.13. The molecule has 2 rings (SSSR count). The van der Waals surface area contributed by atoms with Gasteiger partial charge in [0.05, 0.1) is 11.6 Å². The molecule has 2 N–H and O–H groups in total. The molecular formula is C17H19Cl2NO. The van der Waals surface area contributed by atoms with Crippen LogP contribution in [0.4, 0.5) is 0 Å². The minimum absolute atomic E-state index is 0.201. The first-order valence-electron chi connectivity index (χ1n) is 6.94. The van der Waals surface area contributed by atoms with Gasteiger partial charge in [-0.2, -0.15) is 0 Å². The maximum Gasteiger partial charge on any atom is 0.139 e. The van der Waals surface area contributed by atoms with Crippen molar-refractivity contribution in [2.75, 3.05) is 6.61 Å². The fraction of sp³-hybridized carbons (Fsp3) is 0.294. The SMILES string of the molecule is CCOc1cc(Cl)c(C(N)Cc2ccc(C)cc2)cc1Cl. The van der Waals surface area contributed by atoms with Crippen molar-refractivity contribution in [3.05, 3.63) is 63.1 Å². The van der Waals surface area contributed by atoms with Gasteiger partial charge in [-0.3, -0.25) is 0 Å². The average Bonchev–Trinajstić information content (AvgIpc) is 2.45. The fourth-order valence-electron chi connectivity index (χ4n) is 2.18. The Kier molecular flexibility index (Phi) is 5.51. The summed E-state index contributed by atoms with van der Waals surface area (Å²) >= 11 is 12.5. The van der Waals surface area contributed by atoms with Crippen molar-refractivity contribution in [3.8, 4) is 5.75 Å². The highest BCUT2D eigenvalue weighted by molar-refractivity contribution is 6.34. The summed E-state index contributed by atoms with van der Waals surface area (Å²) in [6.07, 6.45) is 0.713. The molecule has 2 aromatic carbocycles. The summed E-state index contributed by atoms with van der Waals surface area (Å²) in [5, 5.41) is 1.12. The van der Waals surface area contributed by atoms with E-state index in [0.29, 0.717) is 28.8 Å². The second kappa shape index (κ2) is 7.17. The minimum Gasteiger partial charge on any atom is -0.492 e. The van der Waals surface area contributed by atoms with Gasteiger partial charge in [0.1, 0.15) is 5.75 Å². The van der Waals surface area contributed by atoms with E-state index in [2.05, 4.69) is 31.2 Å². The van der Waals surface area contributed by atoms with Gasteiger partial charge in [0.25, 0.3) is 0 Å². The number of halogens is 2. The molecule has 2 aromatic rings. The number of nitrogens with two attached hydrogens (primary N) is 1. The molecule has 4 heteroatoms. The van der Waals surface area contributed by atoms with E-state index in [0.717, 1.165) is 5.56 Å². The maximum atomic E-state index is 6.30. The van der Waals surface area contributed by atoms with Crippen LogP contribution in [0.3, 0.4) is 0 Å². The molecule has 0 aliphatic rings. The van der Waals surface area contributed by atoms with Crippen molar-refractivity contribution in [3.63, 3.8) is 0 Å².